The van der Waals surface area contributed by atoms with Crippen LogP contribution in [0.5, 0.6) is 0 Å². The van der Waals surface area contributed by atoms with Gasteiger partial charge in [0.25, 0.3) is 6.01 Å². The highest BCUT2D eigenvalue weighted by Gasteiger charge is 2.12. The number of oxazole rings is 1. The van der Waals surface area contributed by atoms with E-state index < -0.39 is 0 Å². The fraction of sp³-hybridized carbons (Fsp3) is 0.190. The van der Waals surface area contributed by atoms with Crippen molar-refractivity contribution in [3.63, 3.8) is 0 Å². The number of hydrogen-bond donors (Lipinski definition) is 3. The smallest absolute Gasteiger partial charge is 0.300 e. The van der Waals surface area contributed by atoms with Crippen LogP contribution in [0.2, 0.25) is 0 Å². The largest absolute Gasteiger partial charge is 0.432 e. The molecule has 7 heteroatoms. The molecule has 0 spiro atoms. The Morgan fingerprint density at radius 1 is 1.11 bits per heavy atom. The summed E-state index contributed by atoms with van der Waals surface area (Å²) < 4.78 is 5.22. The first-order chi connectivity index (χ1) is 13.4. The molecule has 4 rings (SSSR count). The Hall–Kier alpha value is -3.79. The maximum atomic E-state index is 6.06. The predicted molar refractivity (Wildman–Crippen MR) is 110 cm³/mol. The lowest BCUT2D eigenvalue weighted by Gasteiger charge is -2.09. The van der Waals surface area contributed by atoms with Crippen LogP contribution >= 0.6 is 0 Å². The fourth-order valence-corrected chi connectivity index (χ4v) is 2.73. The van der Waals surface area contributed by atoms with Gasteiger partial charge in [-0.3, -0.25) is 10.4 Å². The molecule has 7 nitrogen and oxygen atoms in total. The SMILES string of the molecule is CC(C)(C)C#Cc1cc(-c2ccnc(Nc3ncco3)c2)cc2c(N)n[nH]c12. The number of anilines is 3. The number of hydrogen-bond acceptors (Lipinski definition) is 6. The van der Waals surface area contributed by atoms with Gasteiger partial charge in [0.1, 0.15) is 12.1 Å². The van der Waals surface area contributed by atoms with E-state index in [2.05, 4.69) is 58.1 Å². The Morgan fingerprint density at radius 3 is 2.71 bits per heavy atom. The van der Waals surface area contributed by atoms with E-state index in [9.17, 15) is 0 Å². The van der Waals surface area contributed by atoms with Gasteiger partial charge in [-0.1, -0.05) is 11.8 Å². The van der Waals surface area contributed by atoms with Gasteiger partial charge in [0.2, 0.25) is 0 Å². The Bertz CT molecular complexity index is 1190. The third-order valence-corrected chi connectivity index (χ3v) is 4.04. The molecule has 3 aromatic heterocycles. The van der Waals surface area contributed by atoms with Crippen LogP contribution in [0.4, 0.5) is 17.7 Å². The molecule has 4 N–H and O–H groups in total. The molecule has 3 heterocycles. The molecule has 140 valence electrons. The van der Waals surface area contributed by atoms with E-state index in [-0.39, 0.29) is 5.41 Å². The molecule has 0 aliphatic carbocycles. The number of nitrogens with zero attached hydrogens (tertiary/aromatic N) is 3. The molecule has 0 saturated carbocycles. The molecular formula is C21H20N6O. The van der Waals surface area contributed by atoms with Gasteiger partial charge in [-0.15, -0.1) is 0 Å². The number of aromatic nitrogens is 4. The zero-order chi connectivity index (χ0) is 19.7. The van der Waals surface area contributed by atoms with Crippen molar-refractivity contribution in [2.24, 2.45) is 5.41 Å². The molecule has 0 unspecified atom stereocenters. The minimum absolute atomic E-state index is 0.113. The van der Waals surface area contributed by atoms with Crippen LogP contribution < -0.4 is 11.1 Å². The molecule has 0 saturated heterocycles. The summed E-state index contributed by atoms with van der Waals surface area (Å²) in [6, 6.07) is 8.27. The van der Waals surface area contributed by atoms with Gasteiger partial charge in [0.05, 0.1) is 17.3 Å². The van der Waals surface area contributed by atoms with Crippen molar-refractivity contribution >= 4 is 28.6 Å². The molecular weight excluding hydrogens is 352 g/mol. The summed E-state index contributed by atoms with van der Waals surface area (Å²) in [4.78, 5) is 8.37. The van der Waals surface area contributed by atoms with Crippen molar-refractivity contribution < 1.29 is 4.42 Å². The molecule has 0 radical (unpaired) electrons. The minimum Gasteiger partial charge on any atom is -0.432 e. The van der Waals surface area contributed by atoms with Gasteiger partial charge in [-0.2, -0.15) is 5.10 Å². The molecule has 4 aromatic rings. The Morgan fingerprint density at radius 2 is 1.96 bits per heavy atom. The standard InChI is InChI=1S/C21H20N6O/c1-21(2,3)6-4-14-10-15(11-16-18(14)26-27-19(16)22)13-5-7-23-17(12-13)25-20-24-8-9-28-20/h5,7-12H,1-3H3,(H3,22,26,27)(H,23,24,25). The van der Waals surface area contributed by atoms with Crippen molar-refractivity contribution in [2.45, 2.75) is 20.8 Å². The maximum absolute atomic E-state index is 6.06. The predicted octanol–water partition coefficient (Wildman–Crippen LogP) is 4.34. The highest BCUT2D eigenvalue weighted by atomic mass is 16.4. The van der Waals surface area contributed by atoms with Crippen molar-refractivity contribution in [3.05, 3.63) is 48.5 Å². The van der Waals surface area contributed by atoms with E-state index >= 15 is 0 Å². The third kappa shape index (κ3) is 3.67. The summed E-state index contributed by atoms with van der Waals surface area (Å²) in [5.74, 6) is 7.62. The number of nitrogens with two attached hydrogens (primary N) is 1. The highest BCUT2D eigenvalue weighted by molar-refractivity contribution is 5.96. The van der Waals surface area contributed by atoms with E-state index in [0.717, 1.165) is 27.6 Å². The zero-order valence-electron chi connectivity index (χ0n) is 15.9. The molecule has 0 amide bonds. The zero-order valence-corrected chi connectivity index (χ0v) is 15.9. The van der Waals surface area contributed by atoms with Crippen LogP contribution in [0.25, 0.3) is 22.0 Å². The minimum atomic E-state index is -0.113. The monoisotopic (exact) mass is 372 g/mol. The average molecular weight is 372 g/mol. The first-order valence-corrected chi connectivity index (χ1v) is 8.83. The first kappa shape index (κ1) is 17.6. The molecule has 0 bridgehead atoms. The van der Waals surface area contributed by atoms with Crippen LogP contribution in [0.15, 0.2) is 47.3 Å². The summed E-state index contributed by atoms with van der Waals surface area (Å²) >= 11 is 0. The van der Waals surface area contributed by atoms with Gasteiger partial charge in [-0.05, 0) is 56.2 Å². The van der Waals surface area contributed by atoms with E-state index in [1.54, 1.807) is 12.4 Å². The lowest BCUT2D eigenvalue weighted by molar-refractivity contribution is 0.571. The number of benzene rings is 1. The van der Waals surface area contributed by atoms with Gasteiger partial charge in [-0.25, -0.2) is 9.97 Å². The molecule has 28 heavy (non-hydrogen) atoms. The summed E-state index contributed by atoms with van der Waals surface area (Å²) in [5.41, 5.74) is 9.57. The summed E-state index contributed by atoms with van der Waals surface area (Å²) in [6.07, 6.45) is 4.80. The van der Waals surface area contributed by atoms with Crippen molar-refractivity contribution in [1.29, 1.82) is 0 Å². The quantitative estimate of drug-likeness (QED) is 0.462. The summed E-state index contributed by atoms with van der Waals surface area (Å²) in [7, 11) is 0. The molecule has 0 fully saturated rings. The Balaban J connectivity index is 1.80. The number of nitrogens with one attached hydrogen (secondary N) is 2. The lowest BCUT2D eigenvalue weighted by atomic mass is 9.96. The van der Waals surface area contributed by atoms with Crippen LogP contribution in [0.1, 0.15) is 26.3 Å². The van der Waals surface area contributed by atoms with Crippen LogP contribution in [0, 0.1) is 17.3 Å². The Kier molecular flexibility index (Phi) is 4.24. The molecule has 0 atom stereocenters. The van der Waals surface area contributed by atoms with Crippen LogP contribution in [0.3, 0.4) is 0 Å². The van der Waals surface area contributed by atoms with Gasteiger partial charge < -0.3 is 10.2 Å². The number of pyridine rings is 1. The normalized spacial score (nSPS) is 11.2. The van der Waals surface area contributed by atoms with Crippen LogP contribution in [-0.2, 0) is 0 Å². The third-order valence-electron chi connectivity index (χ3n) is 4.04. The highest BCUT2D eigenvalue weighted by Crippen LogP contribution is 2.30. The van der Waals surface area contributed by atoms with Gasteiger partial charge in [0, 0.05) is 17.0 Å². The number of aromatic amines is 1. The Labute approximate surface area is 162 Å². The molecule has 1 aromatic carbocycles. The second-order valence-corrected chi connectivity index (χ2v) is 7.45. The van der Waals surface area contributed by atoms with Gasteiger partial charge >= 0.3 is 0 Å². The lowest BCUT2D eigenvalue weighted by Crippen LogP contribution is -1.99. The first-order valence-electron chi connectivity index (χ1n) is 8.83. The summed E-state index contributed by atoms with van der Waals surface area (Å²) in [6.45, 7) is 6.23. The van der Waals surface area contributed by atoms with E-state index in [4.69, 9.17) is 10.2 Å². The summed E-state index contributed by atoms with van der Waals surface area (Å²) in [5, 5.41) is 11.0. The average Bonchev–Trinajstić information content (AvgIpc) is 3.29. The fourth-order valence-electron chi connectivity index (χ4n) is 2.73. The van der Waals surface area contributed by atoms with E-state index in [1.807, 2.05) is 24.3 Å². The van der Waals surface area contributed by atoms with Crippen molar-refractivity contribution in [1.82, 2.24) is 20.2 Å². The topological polar surface area (TPSA) is 106 Å². The second kappa shape index (κ2) is 6.74. The van der Waals surface area contributed by atoms with Crippen molar-refractivity contribution in [3.8, 4) is 23.0 Å². The van der Waals surface area contributed by atoms with Gasteiger partial charge in [0.15, 0.2) is 5.82 Å². The molecule has 0 aliphatic rings. The number of nitrogen functional groups attached to an aromatic ring is 1. The van der Waals surface area contributed by atoms with E-state index in [0.29, 0.717) is 17.7 Å². The molecule has 0 aliphatic heterocycles. The number of fused-ring (bicyclic) bond motifs is 1. The second-order valence-electron chi connectivity index (χ2n) is 7.45. The number of rotatable bonds is 3. The van der Waals surface area contributed by atoms with E-state index in [1.165, 1.54) is 6.26 Å². The van der Waals surface area contributed by atoms with Crippen molar-refractivity contribution in [2.75, 3.05) is 11.1 Å². The van der Waals surface area contributed by atoms with Crippen LogP contribution in [-0.4, -0.2) is 20.2 Å². The maximum Gasteiger partial charge on any atom is 0.300 e. The number of H-pyrrole nitrogens is 1.